The van der Waals surface area contributed by atoms with E-state index in [9.17, 15) is 5.11 Å². The highest BCUT2D eigenvalue weighted by Crippen LogP contribution is 2.41. The number of hydrogen-bond acceptors (Lipinski definition) is 3. The van der Waals surface area contributed by atoms with Crippen LogP contribution in [-0.4, -0.2) is 36.2 Å². The Kier molecular flexibility index (Phi) is 7.99. The summed E-state index contributed by atoms with van der Waals surface area (Å²) in [6.45, 7) is 4.41. The third kappa shape index (κ3) is 5.60. The van der Waals surface area contributed by atoms with Gasteiger partial charge >= 0.3 is 0 Å². The monoisotopic (exact) mass is 449 g/mol. The van der Waals surface area contributed by atoms with Crippen LogP contribution in [0.2, 0.25) is 5.02 Å². The molecule has 0 spiro atoms. The van der Waals surface area contributed by atoms with E-state index in [0.717, 1.165) is 67.2 Å². The molecule has 0 unspecified atom stereocenters. The lowest BCUT2D eigenvalue weighted by Gasteiger charge is -2.42. The first-order valence-electron chi connectivity index (χ1n) is 11.5. The van der Waals surface area contributed by atoms with Crippen LogP contribution in [0.4, 0.5) is 0 Å². The van der Waals surface area contributed by atoms with E-state index in [2.05, 4.69) is 29.2 Å². The van der Waals surface area contributed by atoms with Crippen molar-refractivity contribution in [2.45, 2.75) is 31.5 Å². The van der Waals surface area contributed by atoms with Gasteiger partial charge in [-0.05, 0) is 67.1 Å². The van der Waals surface area contributed by atoms with Crippen LogP contribution in [-0.2, 0) is 16.9 Å². The highest BCUT2D eigenvalue weighted by molar-refractivity contribution is 6.30. The molecule has 1 heterocycles. The molecule has 0 amide bonds. The normalized spacial score (nSPS) is 15.7. The topological polar surface area (TPSA) is 32.7 Å². The number of likely N-dealkylation sites (tertiary alicyclic amines) is 1. The highest BCUT2D eigenvalue weighted by Gasteiger charge is 2.41. The minimum Gasteiger partial charge on any atom is -0.380 e. The minimum atomic E-state index is -0.948. The largest absolute Gasteiger partial charge is 0.380 e. The second-order valence-corrected chi connectivity index (χ2v) is 9.08. The zero-order valence-electron chi connectivity index (χ0n) is 18.5. The van der Waals surface area contributed by atoms with Gasteiger partial charge in [-0.25, -0.2) is 0 Å². The molecule has 3 aromatic carbocycles. The summed E-state index contributed by atoms with van der Waals surface area (Å²) in [4.78, 5) is 2.50. The molecule has 1 aliphatic heterocycles. The van der Waals surface area contributed by atoms with Crippen molar-refractivity contribution in [3.63, 3.8) is 0 Å². The number of ether oxygens (including phenoxy) is 1. The summed E-state index contributed by atoms with van der Waals surface area (Å²) in [5, 5.41) is 12.7. The average molecular weight is 450 g/mol. The molecule has 32 heavy (non-hydrogen) atoms. The van der Waals surface area contributed by atoms with Crippen LogP contribution in [0.25, 0.3) is 0 Å². The van der Waals surface area contributed by atoms with E-state index in [0.29, 0.717) is 6.61 Å². The summed E-state index contributed by atoms with van der Waals surface area (Å²) in [6, 6.07) is 28.1. The second-order valence-electron chi connectivity index (χ2n) is 8.65. The average Bonchev–Trinajstić information content (AvgIpc) is 2.86. The second kappa shape index (κ2) is 11.1. The van der Waals surface area contributed by atoms with E-state index < -0.39 is 5.60 Å². The number of benzene rings is 3. The molecule has 3 aromatic rings. The number of hydrogen-bond donors (Lipinski definition) is 1. The molecule has 0 aromatic heterocycles. The predicted octanol–water partition coefficient (Wildman–Crippen LogP) is 5.89. The van der Waals surface area contributed by atoms with Crippen molar-refractivity contribution in [3.8, 4) is 0 Å². The van der Waals surface area contributed by atoms with Crippen LogP contribution in [0.5, 0.6) is 0 Å². The van der Waals surface area contributed by atoms with E-state index in [1.807, 2.05) is 60.7 Å². The van der Waals surface area contributed by atoms with Gasteiger partial charge in [-0.1, -0.05) is 84.4 Å². The van der Waals surface area contributed by atoms with Crippen molar-refractivity contribution in [1.29, 1.82) is 0 Å². The van der Waals surface area contributed by atoms with Crippen molar-refractivity contribution in [2.24, 2.45) is 5.92 Å². The van der Waals surface area contributed by atoms with Crippen LogP contribution in [0.3, 0.4) is 0 Å². The Morgan fingerprint density at radius 1 is 0.844 bits per heavy atom. The van der Waals surface area contributed by atoms with Crippen molar-refractivity contribution in [1.82, 2.24) is 4.90 Å². The van der Waals surface area contributed by atoms with Gasteiger partial charge in [-0.15, -0.1) is 0 Å². The molecule has 4 rings (SSSR count). The van der Waals surface area contributed by atoms with E-state index in [-0.39, 0.29) is 5.92 Å². The molecular formula is C28H32ClNO2. The fraction of sp³-hybridized carbons (Fsp3) is 0.357. The van der Waals surface area contributed by atoms with Crippen molar-refractivity contribution >= 4 is 11.6 Å². The van der Waals surface area contributed by atoms with Crippen LogP contribution >= 0.6 is 11.6 Å². The summed E-state index contributed by atoms with van der Waals surface area (Å²) in [7, 11) is 0. The quantitative estimate of drug-likeness (QED) is 0.413. The van der Waals surface area contributed by atoms with Gasteiger partial charge in [0.1, 0.15) is 5.60 Å². The Hall–Kier alpha value is -2.17. The van der Waals surface area contributed by atoms with E-state index in [1.165, 1.54) is 0 Å². The summed E-state index contributed by atoms with van der Waals surface area (Å²) in [5.41, 5.74) is 2.17. The third-order valence-electron chi connectivity index (χ3n) is 6.55. The van der Waals surface area contributed by atoms with Gasteiger partial charge in [-0.3, -0.25) is 0 Å². The third-order valence-corrected chi connectivity index (χ3v) is 6.80. The van der Waals surface area contributed by atoms with Crippen molar-refractivity contribution in [3.05, 3.63) is 107 Å². The van der Waals surface area contributed by atoms with Crippen LogP contribution in [0.1, 0.15) is 36.0 Å². The summed E-state index contributed by atoms with van der Waals surface area (Å²) in [6.07, 6.45) is 2.97. The fourth-order valence-electron chi connectivity index (χ4n) is 4.76. The molecule has 1 saturated heterocycles. The smallest absolute Gasteiger partial charge is 0.117 e. The standard InChI is InChI=1S/C28H32ClNO2/c29-27-14-12-23(13-15-27)22-32-21-7-18-30-19-16-26(17-20-30)28(31,24-8-3-1-4-9-24)25-10-5-2-6-11-25/h1-6,8-15,26,31H,7,16-22H2. The Labute approximate surface area is 196 Å². The summed E-state index contributed by atoms with van der Waals surface area (Å²) < 4.78 is 5.83. The van der Waals surface area contributed by atoms with E-state index >= 15 is 0 Å². The van der Waals surface area contributed by atoms with Gasteiger partial charge in [0.05, 0.1) is 6.61 Å². The first kappa shape index (κ1) is 23.0. The number of aliphatic hydroxyl groups is 1. The molecule has 1 aliphatic rings. The molecule has 168 valence electrons. The molecule has 0 saturated carbocycles. The summed E-state index contributed by atoms with van der Waals surface area (Å²) >= 11 is 5.93. The van der Waals surface area contributed by atoms with Gasteiger partial charge in [0.15, 0.2) is 0 Å². The Morgan fingerprint density at radius 3 is 1.97 bits per heavy atom. The van der Waals surface area contributed by atoms with E-state index in [4.69, 9.17) is 16.3 Å². The molecule has 1 N–H and O–H groups in total. The molecule has 4 heteroatoms. The molecule has 0 atom stereocenters. The maximum absolute atomic E-state index is 12.0. The highest BCUT2D eigenvalue weighted by atomic mass is 35.5. The Morgan fingerprint density at radius 2 is 1.41 bits per heavy atom. The van der Waals surface area contributed by atoms with Gasteiger partial charge in [0, 0.05) is 18.2 Å². The van der Waals surface area contributed by atoms with Gasteiger partial charge in [-0.2, -0.15) is 0 Å². The predicted molar refractivity (Wildman–Crippen MR) is 131 cm³/mol. The molecular weight excluding hydrogens is 418 g/mol. The lowest BCUT2D eigenvalue weighted by atomic mass is 9.72. The van der Waals surface area contributed by atoms with E-state index in [1.54, 1.807) is 0 Å². The number of piperidine rings is 1. The molecule has 3 nitrogen and oxygen atoms in total. The van der Waals surface area contributed by atoms with Crippen LogP contribution in [0, 0.1) is 5.92 Å². The SMILES string of the molecule is OC(c1ccccc1)(c1ccccc1)C1CCN(CCCOCc2ccc(Cl)cc2)CC1. The number of nitrogens with zero attached hydrogens (tertiary/aromatic N) is 1. The zero-order chi connectivity index (χ0) is 22.2. The minimum absolute atomic E-state index is 0.199. The first-order valence-corrected chi connectivity index (χ1v) is 11.9. The molecule has 0 aliphatic carbocycles. The van der Waals surface area contributed by atoms with Gasteiger partial charge in [0.2, 0.25) is 0 Å². The fourth-order valence-corrected chi connectivity index (χ4v) is 4.88. The molecule has 0 radical (unpaired) electrons. The Balaban J connectivity index is 1.28. The maximum Gasteiger partial charge on any atom is 0.117 e. The van der Waals surface area contributed by atoms with Crippen LogP contribution in [0.15, 0.2) is 84.9 Å². The Bertz CT molecular complexity index is 899. The first-order chi connectivity index (χ1) is 15.7. The number of rotatable bonds is 9. The maximum atomic E-state index is 12.0. The van der Waals surface area contributed by atoms with Crippen molar-refractivity contribution in [2.75, 3.05) is 26.2 Å². The van der Waals surface area contributed by atoms with Crippen LogP contribution < -0.4 is 0 Å². The van der Waals surface area contributed by atoms with Crippen molar-refractivity contribution < 1.29 is 9.84 Å². The molecule has 0 bridgehead atoms. The number of halogens is 1. The molecule has 1 fully saturated rings. The lowest BCUT2D eigenvalue weighted by Crippen LogP contribution is -2.44. The zero-order valence-corrected chi connectivity index (χ0v) is 19.3. The summed E-state index contributed by atoms with van der Waals surface area (Å²) in [5.74, 6) is 0.199. The van der Waals surface area contributed by atoms with Gasteiger partial charge in [0.25, 0.3) is 0 Å². The lowest BCUT2D eigenvalue weighted by molar-refractivity contribution is -0.0153. The van der Waals surface area contributed by atoms with Gasteiger partial charge < -0.3 is 14.7 Å².